The van der Waals surface area contributed by atoms with Gasteiger partial charge in [-0.1, -0.05) is 30.3 Å². The Balaban J connectivity index is 2.36. The molecular weight excluding hydrogens is 234 g/mol. The van der Waals surface area contributed by atoms with Crippen LogP contribution in [0.5, 0.6) is 0 Å². The van der Waals surface area contributed by atoms with Crippen LogP contribution < -0.4 is 0 Å². The van der Waals surface area contributed by atoms with E-state index in [0.29, 0.717) is 5.39 Å². The van der Waals surface area contributed by atoms with Crippen LogP contribution in [0.3, 0.4) is 0 Å². The summed E-state index contributed by atoms with van der Waals surface area (Å²) in [7, 11) is 0. The van der Waals surface area contributed by atoms with Gasteiger partial charge >= 0.3 is 6.04 Å². The van der Waals surface area contributed by atoms with Crippen LogP contribution in [-0.4, -0.2) is 22.5 Å². The molecule has 0 saturated carbocycles. The van der Waals surface area contributed by atoms with Crippen LogP contribution in [0, 0.1) is 10.1 Å². The van der Waals surface area contributed by atoms with E-state index in [0.717, 1.165) is 5.39 Å². The second-order valence-electron chi connectivity index (χ2n) is 4.13. The summed E-state index contributed by atoms with van der Waals surface area (Å²) in [4.78, 5) is 33.8. The molecule has 0 radical (unpaired) electrons. The smallest absolute Gasteiger partial charge is 0.286 e. The first-order chi connectivity index (χ1) is 8.61. The Kier molecular flexibility index (Phi) is 2.04. The van der Waals surface area contributed by atoms with E-state index in [1.807, 2.05) is 0 Å². The zero-order chi connectivity index (χ0) is 12.9. The molecule has 0 N–H and O–H groups in total. The van der Waals surface area contributed by atoms with Crippen molar-refractivity contribution in [3.05, 3.63) is 57.6 Å². The molecule has 5 heteroatoms. The van der Waals surface area contributed by atoms with Crippen molar-refractivity contribution in [1.82, 2.24) is 0 Å². The van der Waals surface area contributed by atoms with Gasteiger partial charge in [0.1, 0.15) is 0 Å². The summed E-state index contributed by atoms with van der Waals surface area (Å²) in [5.74, 6) is -1.43. The fourth-order valence-electron chi connectivity index (χ4n) is 2.34. The van der Waals surface area contributed by atoms with Gasteiger partial charge in [0.15, 0.2) is 0 Å². The van der Waals surface area contributed by atoms with E-state index >= 15 is 0 Å². The van der Waals surface area contributed by atoms with E-state index < -0.39 is 22.5 Å². The normalized spacial score (nSPS) is 18.1. The van der Waals surface area contributed by atoms with Gasteiger partial charge in [0, 0.05) is 16.1 Å². The van der Waals surface area contributed by atoms with Gasteiger partial charge in [0.2, 0.25) is 11.6 Å². The van der Waals surface area contributed by atoms with Gasteiger partial charge in [-0.25, -0.2) is 0 Å². The molecule has 0 bridgehead atoms. The first-order valence-corrected chi connectivity index (χ1v) is 5.35. The molecule has 18 heavy (non-hydrogen) atoms. The summed E-state index contributed by atoms with van der Waals surface area (Å²) in [6.45, 7) is 0. The molecule has 2 aromatic rings. The minimum atomic E-state index is -1.77. The number of hydrogen-bond acceptors (Lipinski definition) is 4. The maximum Gasteiger partial charge on any atom is 0.336 e. The summed E-state index contributed by atoms with van der Waals surface area (Å²) >= 11 is 0. The summed E-state index contributed by atoms with van der Waals surface area (Å²) in [6, 6.07) is 8.45. The lowest BCUT2D eigenvalue weighted by atomic mass is 10.0. The number of ketones is 2. The number of Topliss-reactive ketones (excluding diaryl/α,β-unsaturated/α-hetero) is 2. The summed E-state index contributed by atoms with van der Waals surface area (Å²) in [5.41, 5.74) is 0.334. The zero-order valence-corrected chi connectivity index (χ0v) is 9.12. The van der Waals surface area contributed by atoms with Crippen LogP contribution in [0.15, 0.2) is 36.4 Å². The molecule has 0 spiro atoms. The van der Waals surface area contributed by atoms with Crippen molar-refractivity contribution in [2.45, 2.75) is 6.04 Å². The maximum atomic E-state index is 12.0. The number of carbonyl (C=O) groups excluding carboxylic acids is 2. The third-order valence-corrected chi connectivity index (χ3v) is 3.15. The predicted octanol–water partition coefficient (Wildman–Crippen LogP) is 1.86. The van der Waals surface area contributed by atoms with Crippen molar-refractivity contribution in [2.75, 3.05) is 0 Å². The summed E-state index contributed by atoms with van der Waals surface area (Å²) < 4.78 is 0. The van der Waals surface area contributed by atoms with Gasteiger partial charge < -0.3 is 0 Å². The molecule has 0 amide bonds. The fourth-order valence-corrected chi connectivity index (χ4v) is 2.34. The van der Waals surface area contributed by atoms with Gasteiger partial charge in [0.05, 0.1) is 0 Å². The van der Waals surface area contributed by atoms with Gasteiger partial charge in [-0.2, -0.15) is 0 Å². The van der Waals surface area contributed by atoms with Gasteiger partial charge in [-0.05, 0) is 16.8 Å². The number of hydrogen-bond donors (Lipinski definition) is 0. The lowest BCUT2D eigenvalue weighted by molar-refractivity contribution is -0.488. The van der Waals surface area contributed by atoms with Crippen molar-refractivity contribution < 1.29 is 14.5 Å². The quantitative estimate of drug-likeness (QED) is 0.433. The highest BCUT2D eigenvalue weighted by molar-refractivity contribution is 6.32. The second kappa shape index (κ2) is 3.46. The van der Waals surface area contributed by atoms with Crippen molar-refractivity contribution in [3.8, 4) is 0 Å². The second-order valence-corrected chi connectivity index (χ2v) is 4.13. The number of nitro groups is 1. The van der Waals surface area contributed by atoms with Crippen LogP contribution in [-0.2, 0) is 0 Å². The molecule has 1 atom stereocenters. The first-order valence-electron chi connectivity index (χ1n) is 5.35. The Hall–Kier alpha value is -2.56. The SMILES string of the molecule is O=C1c2ccc3ccccc3c2C(=O)C1[N+](=O)[O-]. The third kappa shape index (κ3) is 1.21. The van der Waals surface area contributed by atoms with Gasteiger partial charge in [0.25, 0.3) is 0 Å². The Morgan fingerprint density at radius 1 is 1.00 bits per heavy atom. The van der Waals surface area contributed by atoms with Crippen molar-refractivity contribution in [1.29, 1.82) is 0 Å². The van der Waals surface area contributed by atoms with E-state index in [1.54, 1.807) is 30.3 Å². The predicted molar refractivity (Wildman–Crippen MR) is 63.4 cm³/mol. The number of nitrogens with zero attached hydrogens (tertiary/aromatic N) is 1. The lowest BCUT2D eigenvalue weighted by Crippen LogP contribution is -2.31. The molecule has 0 aliphatic heterocycles. The summed E-state index contributed by atoms with van der Waals surface area (Å²) in [5, 5.41) is 12.2. The largest absolute Gasteiger partial charge is 0.336 e. The topological polar surface area (TPSA) is 77.3 Å². The van der Waals surface area contributed by atoms with Crippen LogP contribution in [0.2, 0.25) is 0 Å². The van der Waals surface area contributed by atoms with E-state index in [-0.39, 0.29) is 11.1 Å². The number of fused-ring (bicyclic) bond motifs is 3. The molecule has 0 heterocycles. The molecular formula is C13H7NO4. The fraction of sp³-hybridized carbons (Fsp3) is 0.0769. The van der Waals surface area contributed by atoms with E-state index in [4.69, 9.17) is 0 Å². The van der Waals surface area contributed by atoms with Crippen LogP contribution in [0.25, 0.3) is 10.8 Å². The Morgan fingerprint density at radius 3 is 2.44 bits per heavy atom. The maximum absolute atomic E-state index is 12.0. The molecule has 0 aromatic heterocycles. The Morgan fingerprint density at radius 2 is 1.72 bits per heavy atom. The van der Waals surface area contributed by atoms with Crippen LogP contribution in [0.1, 0.15) is 20.7 Å². The van der Waals surface area contributed by atoms with Crippen LogP contribution >= 0.6 is 0 Å². The average molecular weight is 241 g/mol. The average Bonchev–Trinajstić information content (AvgIpc) is 2.62. The highest BCUT2D eigenvalue weighted by Crippen LogP contribution is 2.30. The number of benzene rings is 2. The van der Waals surface area contributed by atoms with Crippen molar-refractivity contribution >= 4 is 22.3 Å². The number of rotatable bonds is 1. The molecule has 2 aromatic carbocycles. The van der Waals surface area contributed by atoms with Crippen molar-refractivity contribution in [3.63, 3.8) is 0 Å². The Labute approximate surface area is 101 Å². The minimum Gasteiger partial charge on any atom is -0.286 e. The molecule has 0 saturated heterocycles. The first kappa shape index (κ1) is 10.6. The van der Waals surface area contributed by atoms with E-state index in [2.05, 4.69) is 0 Å². The van der Waals surface area contributed by atoms with E-state index in [1.165, 1.54) is 6.07 Å². The van der Waals surface area contributed by atoms with Gasteiger partial charge in [-0.3, -0.25) is 19.7 Å². The molecule has 1 unspecified atom stereocenters. The molecule has 5 nitrogen and oxygen atoms in total. The van der Waals surface area contributed by atoms with E-state index in [9.17, 15) is 19.7 Å². The monoisotopic (exact) mass is 241 g/mol. The highest BCUT2D eigenvalue weighted by Gasteiger charge is 2.48. The third-order valence-electron chi connectivity index (χ3n) is 3.15. The molecule has 1 aliphatic carbocycles. The Bertz CT molecular complexity index is 720. The molecule has 1 aliphatic rings. The minimum absolute atomic E-state index is 0.153. The van der Waals surface area contributed by atoms with Crippen LogP contribution in [0.4, 0.5) is 0 Å². The van der Waals surface area contributed by atoms with Gasteiger partial charge in [-0.15, -0.1) is 0 Å². The summed E-state index contributed by atoms with van der Waals surface area (Å²) in [6.07, 6.45) is 0. The number of carbonyl (C=O) groups is 2. The highest BCUT2D eigenvalue weighted by atomic mass is 16.6. The lowest BCUT2D eigenvalue weighted by Gasteiger charge is -2.01. The standard InChI is InChI=1S/C13H7NO4/c15-12-9-6-5-7-3-1-2-4-8(7)10(9)13(16)11(12)14(17)18/h1-6,11H. The molecule has 0 fully saturated rings. The molecule has 88 valence electrons. The zero-order valence-electron chi connectivity index (χ0n) is 9.12. The molecule has 3 rings (SSSR count). The van der Waals surface area contributed by atoms with Crippen molar-refractivity contribution in [2.24, 2.45) is 0 Å².